The van der Waals surface area contributed by atoms with Crippen LogP contribution >= 0.6 is 0 Å². The molecule has 0 bridgehead atoms. The molecule has 1 heterocycles. The molecule has 27 heavy (non-hydrogen) atoms. The number of aromatic nitrogens is 1. The average Bonchev–Trinajstić information content (AvgIpc) is 3.05. The zero-order valence-corrected chi connectivity index (χ0v) is 15.7. The number of nitrogens with one attached hydrogen (secondary N) is 1. The van der Waals surface area contributed by atoms with Gasteiger partial charge < -0.3 is 4.42 Å². The van der Waals surface area contributed by atoms with Crippen LogP contribution < -0.4 is 4.72 Å². The summed E-state index contributed by atoms with van der Waals surface area (Å²) in [5.41, 5.74) is 4.60. The maximum atomic E-state index is 12.6. The van der Waals surface area contributed by atoms with E-state index in [9.17, 15) is 8.42 Å². The quantitative estimate of drug-likeness (QED) is 0.547. The minimum absolute atomic E-state index is 0.214. The van der Waals surface area contributed by atoms with E-state index >= 15 is 0 Å². The van der Waals surface area contributed by atoms with Gasteiger partial charge in [-0.05, 0) is 49.7 Å². The summed E-state index contributed by atoms with van der Waals surface area (Å²) in [4.78, 5) is 4.72. The lowest BCUT2D eigenvalue weighted by Gasteiger charge is -2.08. The predicted octanol–water partition coefficient (Wildman–Crippen LogP) is 4.91. The Bertz CT molecular complexity index is 1230. The monoisotopic (exact) mass is 378 g/mol. The van der Waals surface area contributed by atoms with Gasteiger partial charge in [-0.25, -0.2) is 13.4 Å². The first-order valence-electron chi connectivity index (χ1n) is 8.48. The molecule has 0 radical (unpaired) electrons. The Morgan fingerprint density at radius 3 is 2.41 bits per heavy atom. The summed E-state index contributed by atoms with van der Waals surface area (Å²) in [5, 5.41) is 0. The highest BCUT2D eigenvalue weighted by Gasteiger charge is 2.16. The van der Waals surface area contributed by atoms with Gasteiger partial charge >= 0.3 is 0 Å². The minimum Gasteiger partial charge on any atom is -0.436 e. The summed E-state index contributed by atoms with van der Waals surface area (Å²) < 4.78 is 33.6. The van der Waals surface area contributed by atoms with Crippen molar-refractivity contribution in [3.63, 3.8) is 0 Å². The molecule has 0 amide bonds. The molecular weight excluding hydrogens is 360 g/mol. The van der Waals surface area contributed by atoms with Gasteiger partial charge in [0.1, 0.15) is 5.52 Å². The summed E-state index contributed by atoms with van der Waals surface area (Å²) in [6.07, 6.45) is 0. The largest absolute Gasteiger partial charge is 0.436 e. The third-order valence-corrected chi connectivity index (χ3v) is 5.74. The van der Waals surface area contributed by atoms with Gasteiger partial charge in [0, 0.05) is 11.6 Å². The van der Waals surface area contributed by atoms with E-state index in [0.29, 0.717) is 22.7 Å². The summed E-state index contributed by atoms with van der Waals surface area (Å²) in [6.45, 7) is 3.90. The Balaban J connectivity index is 1.68. The van der Waals surface area contributed by atoms with E-state index in [1.807, 2.05) is 38.1 Å². The second-order valence-corrected chi connectivity index (χ2v) is 8.12. The lowest BCUT2D eigenvalue weighted by atomic mass is 10.1. The highest BCUT2D eigenvalue weighted by Crippen LogP contribution is 2.28. The zero-order valence-electron chi connectivity index (χ0n) is 14.9. The molecule has 4 aromatic rings. The molecule has 0 aliphatic carbocycles. The Morgan fingerprint density at radius 2 is 1.67 bits per heavy atom. The van der Waals surface area contributed by atoms with Gasteiger partial charge in [-0.15, -0.1) is 0 Å². The molecule has 1 N–H and O–H groups in total. The fourth-order valence-electron chi connectivity index (χ4n) is 2.85. The van der Waals surface area contributed by atoms with Crippen LogP contribution in [0.5, 0.6) is 0 Å². The number of anilines is 1. The van der Waals surface area contributed by atoms with Crippen LogP contribution in [0.15, 0.2) is 76.0 Å². The first-order valence-corrected chi connectivity index (χ1v) is 9.97. The molecule has 0 aliphatic heterocycles. The lowest BCUT2D eigenvalue weighted by Crippen LogP contribution is -2.12. The molecular formula is C21H18N2O3S. The number of oxazole rings is 1. The van der Waals surface area contributed by atoms with Gasteiger partial charge in [0.2, 0.25) is 5.89 Å². The van der Waals surface area contributed by atoms with Crippen molar-refractivity contribution < 1.29 is 12.8 Å². The van der Waals surface area contributed by atoms with E-state index in [-0.39, 0.29) is 4.90 Å². The molecule has 136 valence electrons. The third-order valence-electron chi connectivity index (χ3n) is 4.35. The van der Waals surface area contributed by atoms with E-state index in [0.717, 1.165) is 16.7 Å². The molecule has 0 saturated heterocycles. The average molecular weight is 378 g/mol. The predicted molar refractivity (Wildman–Crippen MR) is 106 cm³/mol. The Kier molecular flexibility index (Phi) is 4.20. The van der Waals surface area contributed by atoms with Crippen LogP contribution in [-0.4, -0.2) is 13.4 Å². The first kappa shape index (κ1) is 17.3. The SMILES string of the molecule is Cc1ccc(S(=O)(=O)Nc2ccc3nc(-c4ccccc4C)oc3c2)cc1. The van der Waals surface area contributed by atoms with Crippen LogP contribution in [-0.2, 0) is 10.0 Å². The van der Waals surface area contributed by atoms with Gasteiger partial charge in [-0.2, -0.15) is 0 Å². The maximum Gasteiger partial charge on any atom is 0.261 e. The second-order valence-electron chi connectivity index (χ2n) is 6.43. The molecule has 0 atom stereocenters. The second kappa shape index (κ2) is 6.55. The van der Waals surface area contributed by atoms with Crippen LogP contribution in [0.4, 0.5) is 5.69 Å². The number of hydrogen-bond donors (Lipinski definition) is 1. The van der Waals surface area contributed by atoms with Crippen molar-refractivity contribution in [2.45, 2.75) is 18.7 Å². The van der Waals surface area contributed by atoms with Gasteiger partial charge in [-0.3, -0.25) is 4.72 Å². The highest BCUT2D eigenvalue weighted by molar-refractivity contribution is 7.92. The third kappa shape index (κ3) is 3.44. The topological polar surface area (TPSA) is 72.2 Å². The molecule has 0 aliphatic rings. The fourth-order valence-corrected chi connectivity index (χ4v) is 3.90. The van der Waals surface area contributed by atoms with Crippen molar-refractivity contribution in [3.8, 4) is 11.5 Å². The Hall–Kier alpha value is -3.12. The highest BCUT2D eigenvalue weighted by atomic mass is 32.2. The van der Waals surface area contributed by atoms with Crippen LogP contribution in [0, 0.1) is 13.8 Å². The molecule has 6 heteroatoms. The molecule has 0 saturated carbocycles. The molecule has 0 fully saturated rings. The fraction of sp³-hybridized carbons (Fsp3) is 0.0952. The first-order chi connectivity index (χ1) is 12.9. The summed E-state index contributed by atoms with van der Waals surface area (Å²) in [6, 6.07) is 19.6. The van der Waals surface area contributed by atoms with E-state index in [1.54, 1.807) is 42.5 Å². The standard InChI is InChI=1S/C21H18N2O3S/c1-14-7-10-17(11-8-14)27(24,25)23-16-9-12-19-20(13-16)26-21(22-19)18-6-4-3-5-15(18)2/h3-13,23H,1-2H3. The number of aryl methyl sites for hydroxylation is 2. The van der Waals surface area contributed by atoms with Gasteiger partial charge in [-0.1, -0.05) is 35.9 Å². The smallest absolute Gasteiger partial charge is 0.261 e. The maximum absolute atomic E-state index is 12.6. The molecule has 0 spiro atoms. The number of hydrogen-bond acceptors (Lipinski definition) is 4. The van der Waals surface area contributed by atoms with Crippen molar-refractivity contribution in [1.29, 1.82) is 0 Å². The van der Waals surface area contributed by atoms with Crippen LogP contribution in [0.1, 0.15) is 11.1 Å². The summed E-state index contributed by atoms with van der Waals surface area (Å²) >= 11 is 0. The summed E-state index contributed by atoms with van der Waals surface area (Å²) in [7, 11) is -3.66. The number of rotatable bonds is 4. The van der Waals surface area contributed by atoms with E-state index in [4.69, 9.17) is 4.42 Å². The van der Waals surface area contributed by atoms with Crippen LogP contribution in [0.2, 0.25) is 0 Å². The lowest BCUT2D eigenvalue weighted by molar-refractivity contribution is 0.601. The minimum atomic E-state index is -3.66. The number of benzene rings is 3. The van der Waals surface area contributed by atoms with Crippen LogP contribution in [0.25, 0.3) is 22.6 Å². The van der Waals surface area contributed by atoms with E-state index in [1.165, 1.54) is 0 Å². The number of fused-ring (bicyclic) bond motifs is 1. The molecule has 1 aromatic heterocycles. The van der Waals surface area contributed by atoms with E-state index < -0.39 is 10.0 Å². The number of nitrogens with zero attached hydrogens (tertiary/aromatic N) is 1. The van der Waals surface area contributed by atoms with Crippen molar-refractivity contribution in [3.05, 3.63) is 77.9 Å². The number of sulfonamides is 1. The Labute approximate surface area is 157 Å². The van der Waals surface area contributed by atoms with Gasteiger partial charge in [0.15, 0.2) is 5.58 Å². The van der Waals surface area contributed by atoms with Gasteiger partial charge in [0.05, 0.1) is 10.6 Å². The normalized spacial score (nSPS) is 11.6. The van der Waals surface area contributed by atoms with Crippen molar-refractivity contribution >= 4 is 26.8 Å². The zero-order chi connectivity index (χ0) is 19.0. The Morgan fingerprint density at radius 1 is 0.926 bits per heavy atom. The van der Waals surface area contributed by atoms with E-state index in [2.05, 4.69) is 9.71 Å². The van der Waals surface area contributed by atoms with Crippen molar-refractivity contribution in [2.75, 3.05) is 4.72 Å². The molecule has 4 rings (SSSR count). The van der Waals surface area contributed by atoms with Crippen LogP contribution in [0.3, 0.4) is 0 Å². The van der Waals surface area contributed by atoms with Crippen molar-refractivity contribution in [1.82, 2.24) is 4.98 Å². The molecule has 0 unspecified atom stereocenters. The summed E-state index contributed by atoms with van der Waals surface area (Å²) in [5.74, 6) is 0.515. The van der Waals surface area contributed by atoms with Crippen molar-refractivity contribution in [2.24, 2.45) is 0 Å². The molecule has 3 aromatic carbocycles. The molecule has 5 nitrogen and oxygen atoms in total. The van der Waals surface area contributed by atoms with Gasteiger partial charge in [0.25, 0.3) is 10.0 Å².